The Labute approximate surface area is 235 Å². The van der Waals surface area contributed by atoms with Crippen molar-refractivity contribution in [2.75, 3.05) is 26.3 Å². The summed E-state index contributed by atoms with van der Waals surface area (Å²) >= 11 is 0. The number of carboxylic acid groups (broad SMARTS) is 1. The van der Waals surface area contributed by atoms with E-state index in [9.17, 15) is 14.7 Å². The van der Waals surface area contributed by atoms with Crippen LogP contribution in [0.1, 0.15) is 85.7 Å². The van der Waals surface area contributed by atoms with Crippen LogP contribution >= 0.6 is 0 Å². The van der Waals surface area contributed by atoms with Crippen molar-refractivity contribution in [3.05, 3.63) is 53.1 Å². The molecule has 4 aliphatic rings. The fraction of sp³-hybridized carbons (Fsp3) is 0.515. The third kappa shape index (κ3) is 4.04. The molecule has 7 rings (SSSR count). The predicted octanol–water partition coefficient (Wildman–Crippen LogP) is 6.19. The van der Waals surface area contributed by atoms with Gasteiger partial charge < -0.3 is 24.0 Å². The third-order valence-electron chi connectivity index (χ3n) is 9.63. The quantitative estimate of drug-likeness (QED) is 0.416. The zero-order valence-electron chi connectivity index (χ0n) is 23.4. The van der Waals surface area contributed by atoms with Crippen molar-refractivity contribution in [3.63, 3.8) is 0 Å². The van der Waals surface area contributed by atoms with Crippen LogP contribution in [0.4, 0.5) is 0 Å². The monoisotopic (exact) mass is 542 g/mol. The van der Waals surface area contributed by atoms with Gasteiger partial charge in [-0.3, -0.25) is 4.79 Å². The topological polar surface area (TPSA) is 81.0 Å². The van der Waals surface area contributed by atoms with Gasteiger partial charge in [0.1, 0.15) is 5.75 Å². The number of morpholine rings is 1. The van der Waals surface area contributed by atoms with Gasteiger partial charge in [0.05, 0.1) is 36.0 Å². The lowest BCUT2D eigenvalue weighted by Crippen LogP contribution is -2.45. The van der Waals surface area contributed by atoms with E-state index in [1.165, 1.54) is 41.6 Å². The Kier molecular flexibility index (Phi) is 6.19. The van der Waals surface area contributed by atoms with Gasteiger partial charge in [0.2, 0.25) is 5.91 Å². The van der Waals surface area contributed by atoms with Crippen molar-refractivity contribution in [1.82, 2.24) is 9.47 Å². The molecule has 1 aromatic heterocycles. The van der Waals surface area contributed by atoms with Crippen LogP contribution < -0.4 is 4.74 Å². The molecule has 2 aromatic carbocycles. The number of hydrogen-bond donors (Lipinski definition) is 1. The summed E-state index contributed by atoms with van der Waals surface area (Å²) in [5.74, 6) is 0.633. The van der Waals surface area contributed by atoms with E-state index in [0.717, 1.165) is 35.9 Å². The standard InChI is InChI=1S/C33H38N2O5/c1-20(2)40-23-9-11-24-26(17-23)27-18-33(27,32(38)34-12-14-39-15-13-34)19-35-28-16-22(31(36)37)8-10-25(28)29(30(24)35)21-6-4-3-5-7-21/h8-11,16-17,20-21,27H,3-7,12-15,18-19H2,1-2H3,(H,36,37). The molecule has 0 bridgehead atoms. The second-order valence-corrected chi connectivity index (χ2v) is 12.5. The summed E-state index contributed by atoms with van der Waals surface area (Å²) in [7, 11) is 0. The molecule has 2 aliphatic carbocycles. The lowest BCUT2D eigenvalue weighted by molar-refractivity contribution is -0.141. The number of ether oxygens (including phenoxy) is 2. The van der Waals surface area contributed by atoms with E-state index < -0.39 is 11.4 Å². The number of carbonyl (C=O) groups excluding carboxylic acids is 1. The molecule has 0 spiro atoms. The predicted molar refractivity (Wildman–Crippen MR) is 153 cm³/mol. The van der Waals surface area contributed by atoms with Crippen molar-refractivity contribution < 1.29 is 24.2 Å². The van der Waals surface area contributed by atoms with Crippen molar-refractivity contribution in [3.8, 4) is 17.0 Å². The van der Waals surface area contributed by atoms with Crippen molar-refractivity contribution in [2.45, 2.75) is 76.9 Å². The minimum Gasteiger partial charge on any atom is -0.491 e. The van der Waals surface area contributed by atoms with Gasteiger partial charge in [0, 0.05) is 42.0 Å². The highest BCUT2D eigenvalue weighted by molar-refractivity contribution is 6.00. The molecule has 3 heterocycles. The first kappa shape index (κ1) is 25.6. The highest BCUT2D eigenvalue weighted by Crippen LogP contribution is 2.66. The molecule has 3 aromatic rings. The Balaban J connectivity index is 1.48. The molecule has 40 heavy (non-hydrogen) atoms. The average Bonchev–Trinajstić information content (AvgIpc) is 3.63. The van der Waals surface area contributed by atoms with Gasteiger partial charge in [0.25, 0.3) is 0 Å². The van der Waals surface area contributed by atoms with Crippen LogP contribution in [0.3, 0.4) is 0 Å². The summed E-state index contributed by atoms with van der Waals surface area (Å²) in [6.07, 6.45) is 6.80. The zero-order valence-corrected chi connectivity index (χ0v) is 23.4. The molecule has 2 unspecified atom stereocenters. The van der Waals surface area contributed by atoms with Crippen LogP contribution in [0.2, 0.25) is 0 Å². The Bertz CT molecular complexity index is 1490. The number of carboxylic acids is 1. The number of rotatable bonds is 5. The van der Waals surface area contributed by atoms with Crippen LogP contribution in [0.5, 0.6) is 5.75 Å². The van der Waals surface area contributed by atoms with Crippen LogP contribution in [-0.4, -0.2) is 58.9 Å². The van der Waals surface area contributed by atoms with Crippen molar-refractivity contribution in [2.24, 2.45) is 5.41 Å². The number of fused-ring (bicyclic) bond motifs is 7. The third-order valence-corrected chi connectivity index (χ3v) is 9.63. The van der Waals surface area contributed by atoms with Gasteiger partial charge in [-0.25, -0.2) is 4.79 Å². The fourth-order valence-corrected chi connectivity index (χ4v) is 7.71. The molecule has 210 valence electrons. The smallest absolute Gasteiger partial charge is 0.335 e. The lowest BCUT2D eigenvalue weighted by atomic mass is 9.81. The summed E-state index contributed by atoms with van der Waals surface area (Å²) in [5.41, 5.74) is 5.54. The second kappa shape index (κ2) is 9.65. The second-order valence-electron chi connectivity index (χ2n) is 12.5. The minimum atomic E-state index is -0.926. The number of nitrogens with zero attached hydrogens (tertiary/aromatic N) is 2. The molecule has 2 atom stereocenters. The lowest BCUT2D eigenvalue weighted by Gasteiger charge is -2.31. The largest absolute Gasteiger partial charge is 0.491 e. The molecule has 1 N–H and O–H groups in total. The maximum atomic E-state index is 14.3. The van der Waals surface area contributed by atoms with Gasteiger partial charge in [-0.2, -0.15) is 0 Å². The Morgan fingerprint density at radius 1 is 1.05 bits per heavy atom. The van der Waals surface area contributed by atoms with E-state index >= 15 is 0 Å². The molecular weight excluding hydrogens is 504 g/mol. The molecular formula is C33H38N2O5. The number of aromatic nitrogens is 1. The van der Waals surface area contributed by atoms with E-state index in [-0.39, 0.29) is 23.5 Å². The van der Waals surface area contributed by atoms with E-state index in [2.05, 4.69) is 22.8 Å². The number of benzene rings is 2. The van der Waals surface area contributed by atoms with Crippen molar-refractivity contribution >= 4 is 22.8 Å². The molecule has 2 aliphatic heterocycles. The van der Waals surface area contributed by atoms with E-state index in [4.69, 9.17) is 9.47 Å². The molecule has 7 nitrogen and oxygen atoms in total. The molecule has 3 fully saturated rings. The first-order chi connectivity index (χ1) is 19.4. The average molecular weight is 543 g/mol. The van der Waals surface area contributed by atoms with Gasteiger partial charge in [-0.15, -0.1) is 0 Å². The normalized spacial score (nSPS) is 24.3. The maximum absolute atomic E-state index is 14.3. The SMILES string of the molecule is CC(C)Oc1ccc2c(c1)C1CC1(C(=O)N1CCOCC1)Cn1c-2c(C2CCCCC2)c2ccc(C(=O)O)cc21. The summed E-state index contributed by atoms with van der Waals surface area (Å²) in [5, 5.41) is 11.0. The van der Waals surface area contributed by atoms with Gasteiger partial charge in [0.15, 0.2) is 0 Å². The van der Waals surface area contributed by atoms with Gasteiger partial charge >= 0.3 is 5.97 Å². The van der Waals surface area contributed by atoms with E-state index in [1.54, 1.807) is 6.07 Å². The van der Waals surface area contributed by atoms with Crippen molar-refractivity contribution in [1.29, 1.82) is 0 Å². The Morgan fingerprint density at radius 3 is 2.55 bits per heavy atom. The molecule has 0 radical (unpaired) electrons. The number of hydrogen-bond acceptors (Lipinski definition) is 4. The zero-order chi connectivity index (χ0) is 27.6. The summed E-state index contributed by atoms with van der Waals surface area (Å²) < 4.78 is 14.0. The summed E-state index contributed by atoms with van der Waals surface area (Å²) in [6.45, 7) is 7.01. The number of aromatic carboxylic acids is 1. The number of carbonyl (C=O) groups is 2. The number of amides is 1. The van der Waals surface area contributed by atoms with Gasteiger partial charge in [-0.1, -0.05) is 25.3 Å². The van der Waals surface area contributed by atoms with Crippen LogP contribution in [0, 0.1) is 5.41 Å². The highest BCUT2D eigenvalue weighted by Gasteiger charge is 2.64. The molecule has 7 heteroatoms. The van der Waals surface area contributed by atoms with Gasteiger partial charge in [-0.05, 0) is 80.5 Å². The Hall–Kier alpha value is -3.32. The van der Waals surface area contributed by atoms with Crippen LogP contribution in [-0.2, 0) is 16.1 Å². The molecule has 1 amide bonds. The maximum Gasteiger partial charge on any atom is 0.335 e. The van der Waals surface area contributed by atoms with E-state index in [0.29, 0.717) is 38.8 Å². The van der Waals surface area contributed by atoms with E-state index in [1.807, 2.05) is 30.9 Å². The molecule has 1 saturated heterocycles. The van der Waals surface area contributed by atoms with Crippen LogP contribution in [0.15, 0.2) is 36.4 Å². The summed E-state index contributed by atoms with van der Waals surface area (Å²) in [6, 6.07) is 12.0. The molecule has 2 saturated carbocycles. The highest BCUT2D eigenvalue weighted by atomic mass is 16.5. The fourth-order valence-electron chi connectivity index (χ4n) is 7.71. The first-order valence-electron chi connectivity index (χ1n) is 14.9. The first-order valence-corrected chi connectivity index (χ1v) is 14.9. The minimum absolute atomic E-state index is 0.0569. The van der Waals surface area contributed by atoms with Crippen LogP contribution in [0.25, 0.3) is 22.2 Å². The summed E-state index contributed by atoms with van der Waals surface area (Å²) in [4.78, 5) is 28.4. The Morgan fingerprint density at radius 2 is 1.82 bits per heavy atom.